The molecule has 1 fully saturated rings. The molecule has 3 rings (SSSR count). The van der Waals surface area contributed by atoms with E-state index < -0.39 is 0 Å². The fourth-order valence-corrected chi connectivity index (χ4v) is 3.24. The molecule has 0 aromatic heterocycles. The van der Waals surface area contributed by atoms with Crippen molar-refractivity contribution < 1.29 is 4.79 Å². The van der Waals surface area contributed by atoms with Gasteiger partial charge in [0.05, 0.1) is 11.4 Å². The molecule has 0 bridgehead atoms. The first-order chi connectivity index (χ1) is 8.33. The van der Waals surface area contributed by atoms with Gasteiger partial charge in [0, 0.05) is 10.9 Å². The van der Waals surface area contributed by atoms with Gasteiger partial charge in [-0.05, 0) is 37.1 Å². The number of carbonyl (C=O) groups is 1. The van der Waals surface area contributed by atoms with Crippen LogP contribution in [-0.4, -0.2) is 18.2 Å². The summed E-state index contributed by atoms with van der Waals surface area (Å²) in [6.07, 6.45) is 3.75. The number of hydrogen-bond donors (Lipinski definition) is 2. The summed E-state index contributed by atoms with van der Waals surface area (Å²) in [5.41, 5.74) is 2.28. The van der Waals surface area contributed by atoms with E-state index in [0.717, 1.165) is 12.2 Å². The molecule has 3 nitrogen and oxygen atoms in total. The van der Waals surface area contributed by atoms with Crippen molar-refractivity contribution in [2.45, 2.75) is 30.2 Å². The van der Waals surface area contributed by atoms with E-state index in [1.54, 1.807) is 11.8 Å². The molecular formula is C13H16N2OS. The van der Waals surface area contributed by atoms with Crippen molar-refractivity contribution in [1.82, 2.24) is 5.32 Å². The predicted molar refractivity (Wildman–Crippen MR) is 70.4 cm³/mol. The van der Waals surface area contributed by atoms with Gasteiger partial charge in [0.25, 0.3) is 0 Å². The number of anilines is 1. The maximum atomic E-state index is 11.4. The Balaban J connectivity index is 1.86. The normalized spacial score (nSPS) is 24.0. The van der Waals surface area contributed by atoms with E-state index in [1.165, 1.54) is 29.7 Å². The summed E-state index contributed by atoms with van der Waals surface area (Å²) < 4.78 is 0. The molecule has 1 saturated heterocycles. The van der Waals surface area contributed by atoms with Crippen LogP contribution in [0.25, 0.3) is 0 Å². The molecule has 0 radical (unpaired) electrons. The molecule has 1 amide bonds. The molecule has 2 aliphatic rings. The van der Waals surface area contributed by atoms with Gasteiger partial charge in [-0.2, -0.15) is 0 Å². The van der Waals surface area contributed by atoms with Crippen LogP contribution in [0.5, 0.6) is 0 Å². The lowest BCUT2D eigenvalue weighted by Gasteiger charge is -2.25. The van der Waals surface area contributed by atoms with Crippen molar-refractivity contribution in [3.05, 3.63) is 23.8 Å². The average molecular weight is 248 g/mol. The lowest BCUT2D eigenvalue weighted by atomic mass is 9.97. The molecule has 1 unspecified atom stereocenters. The Bertz CT molecular complexity index is 441. The maximum Gasteiger partial charge on any atom is 0.234 e. The monoisotopic (exact) mass is 248 g/mol. The van der Waals surface area contributed by atoms with E-state index >= 15 is 0 Å². The van der Waals surface area contributed by atoms with Gasteiger partial charge in [-0.15, -0.1) is 11.8 Å². The zero-order valence-corrected chi connectivity index (χ0v) is 10.5. The Labute approximate surface area is 105 Å². The van der Waals surface area contributed by atoms with Crippen LogP contribution in [0, 0.1) is 0 Å². The largest absolute Gasteiger partial charge is 0.324 e. The number of thioether (sulfide) groups is 1. The fraction of sp³-hybridized carbons (Fsp3) is 0.462. The number of nitrogens with one attached hydrogen (secondary N) is 2. The second kappa shape index (κ2) is 4.70. The first-order valence-corrected chi connectivity index (χ1v) is 7.11. The zero-order valence-electron chi connectivity index (χ0n) is 9.66. The minimum absolute atomic E-state index is 0.108. The third-order valence-electron chi connectivity index (χ3n) is 3.35. The highest BCUT2D eigenvalue weighted by atomic mass is 32.2. The molecule has 1 atom stereocenters. The van der Waals surface area contributed by atoms with Gasteiger partial charge < -0.3 is 10.6 Å². The third kappa shape index (κ3) is 2.33. The maximum absolute atomic E-state index is 11.4. The Hall–Kier alpha value is -1.00. The zero-order chi connectivity index (χ0) is 11.7. The van der Waals surface area contributed by atoms with Crippen LogP contribution in [0.1, 0.15) is 30.9 Å². The summed E-state index contributed by atoms with van der Waals surface area (Å²) in [4.78, 5) is 12.6. The lowest BCUT2D eigenvalue weighted by molar-refractivity contribution is -0.113. The standard InChI is InChI=1S/C13H16N2OS/c16-13-8-17-12-5-4-9(7-11(12)15-13)10-3-1-2-6-14-10/h4-5,7,10,14H,1-3,6,8H2,(H,15,16). The summed E-state index contributed by atoms with van der Waals surface area (Å²) in [6, 6.07) is 6.90. The predicted octanol–water partition coefficient (Wildman–Crippen LogP) is 2.55. The number of piperidine rings is 1. The Morgan fingerprint density at radius 3 is 3.06 bits per heavy atom. The molecule has 1 aromatic rings. The van der Waals surface area contributed by atoms with Crippen molar-refractivity contribution in [3.8, 4) is 0 Å². The van der Waals surface area contributed by atoms with Crippen LogP contribution >= 0.6 is 11.8 Å². The van der Waals surface area contributed by atoms with Gasteiger partial charge in [0.15, 0.2) is 0 Å². The van der Waals surface area contributed by atoms with Crippen molar-refractivity contribution in [3.63, 3.8) is 0 Å². The molecule has 4 heteroatoms. The molecule has 2 aliphatic heterocycles. The van der Waals surface area contributed by atoms with Crippen LogP contribution in [0.4, 0.5) is 5.69 Å². The number of amides is 1. The highest BCUT2D eigenvalue weighted by Gasteiger charge is 2.19. The first kappa shape index (κ1) is 11.1. The van der Waals surface area contributed by atoms with Crippen LogP contribution in [-0.2, 0) is 4.79 Å². The van der Waals surface area contributed by atoms with Crippen LogP contribution < -0.4 is 10.6 Å². The van der Waals surface area contributed by atoms with Gasteiger partial charge in [-0.25, -0.2) is 0 Å². The van der Waals surface area contributed by atoms with Crippen molar-refractivity contribution in [1.29, 1.82) is 0 Å². The van der Waals surface area contributed by atoms with E-state index in [-0.39, 0.29) is 5.91 Å². The second-order valence-corrected chi connectivity index (χ2v) is 5.61. The van der Waals surface area contributed by atoms with E-state index in [2.05, 4.69) is 28.8 Å². The molecule has 2 heterocycles. The van der Waals surface area contributed by atoms with Crippen LogP contribution in [0.3, 0.4) is 0 Å². The summed E-state index contributed by atoms with van der Waals surface area (Å²) in [6.45, 7) is 1.10. The molecule has 0 spiro atoms. The average Bonchev–Trinajstić information content (AvgIpc) is 2.39. The smallest absolute Gasteiger partial charge is 0.234 e. The number of fused-ring (bicyclic) bond motifs is 1. The molecule has 0 aliphatic carbocycles. The second-order valence-electron chi connectivity index (χ2n) is 4.59. The summed E-state index contributed by atoms with van der Waals surface area (Å²) in [5, 5.41) is 6.49. The molecular weight excluding hydrogens is 232 g/mol. The number of benzene rings is 1. The summed E-state index contributed by atoms with van der Waals surface area (Å²) in [5.74, 6) is 0.643. The van der Waals surface area contributed by atoms with E-state index in [9.17, 15) is 4.79 Å². The van der Waals surface area contributed by atoms with Gasteiger partial charge >= 0.3 is 0 Å². The summed E-state index contributed by atoms with van der Waals surface area (Å²) in [7, 11) is 0. The Morgan fingerprint density at radius 1 is 1.29 bits per heavy atom. The number of carbonyl (C=O) groups excluding carboxylic acids is 1. The summed E-state index contributed by atoms with van der Waals surface area (Å²) >= 11 is 1.62. The molecule has 90 valence electrons. The highest BCUT2D eigenvalue weighted by Crippen LogP contribution is 2.34. The molecule has 17 heavy (non-hydrogen) atoms. The number of rotatable bonds is 1. The Morgan fingerprint density at radius 2 is 2.24 bits per heavy atom. The van der Waals surface area contributed by atoms with E-state index in [0.29, 0.717) is 11.8 Å². The van der Waals surface area contributed by atoms with Crippen LogP contribution in [0.2, 0.25) is 0 Å². The SMILES string of the molecule is O=C1CSc2ccc(C3CCCCN3)cc2N1. The quantitative estimate of drug-likeness (QED) is 0.802. The van der Waals surface area contributed by atoms with Crippen LogP contribution in [0.15, 0.2) is 23.1 Å². The van der Waals surface area contributed by atoms with Crippen molar-refractivity contribution in [2.24, 2.45) is 0 Å². The fourth-order valence-electron chi connectivity index (χ4n) is 2.45. The minimum atomic E-state index is 0.108. The van der Waals surface area contributed by atoms with Gasteiger partial charge in [-0.3, -0.25) is 4.79 Å². The highest BCUT2D eigenvalue weighted by molar-refractivity contribution is 8.00. The Kier molecular flexibility index (Phi) is 3.07. The third-order valence-corrected chi connectivity index (χ3v) is 4.42. The minimum Gasteiger partial charge on any atom is -0.324 e. The van der Waals surface area contributed by atoms with E-state index in [4.69, 9.17) is 0 Å². The molecule has 1 aromatic carbocycles. The lowest BCUT2D eigenvalue weighted by Crippen LogP contribution is -2.27. The molecule has 0 saturated carbocycles. The molecule has 2 N–H and O–H groups in total. The van der Waals surface area contributed by atoms with Crippen molar-refractivity contribution in [2.75, 3.05) is 17.6 Å². The topological polar surface area (TPSA) is 41.1 Å². The first-order valence-electron chi connectivity index (χ1n) is 6.13. The van der Waals surface area contributed by atoms with E-state index in [1.807, 2.05) is 0 Å². The van der Waals surface area contributed by atoms with Gasteiger partial charge in [-0.1, -0.05) is 12.5 Å². The number of hydrogen-bond acceptors (Lipinski definition) is 3. The van der Waals surface area contributed by atoms with Gasteiger partial charge in [0.2, 0.25) is 5.91 Å². The van der Waals surface area contributed by atoms with Gasteiger partial charge in [0.1, 0.15) is 0 Å². The van der Waals surface area contributed by atoms with Crippen molar-refractivity contribution >= 4 is 23.4 Å².